The summed E-state index contributed by atoms with van der Waals surface area (Å²) in [6, 6.07) is -1.65. The van der Waals surface area contributed by atoms with Gasteiger partial charge in [-0.15, -0.1) is 6.58 Å². The molecule has 3 aliphatic rings. The van der Waals surface area contributed by atoms with Crippen LogP contribution >= 0.6 is 0 Å². The van der Waals surface area contributed by atoms with Gasteiger partial charge in [-0.25, -0.2) is 0 Å². The second-order valence-corrected chi connectivity index (χ2v) is 11.2. The van der Waals surface area contributed by atoms with Crippen molar-refractivity contribution in [3.8, 4) is 0 Å². The molecule has 4 unspecified atom stereocenters. The molecule has 34 heavy (non-hydrogen) atoms. The fourth-order valence-electron chi connectivity index (χ4n) is 6.90. The van der Waals surface area contributed by atoms with E-state index in [1.54, 1.807) is 17.9 Å². The quantitative estimate of drug-likeness (QED) is 0.442. The van der Waals surface area contributed by atoms with Crippen LogP contribution < -0.4 is 0 Å². The first-order chi connectivity index (χ1) is 15.9. The van der Waals surface area contributed by atoms with E-state index in [2.05, 4.69) is 13.5 Å². The van der Waals surface area contributed by atoms with E-state index in [4.69, 9.17) is 4.74 Å². The lowest BCUT2D eigenvalue weighted by atomic mass is 9.62. The molecule has 0 aromatic heterocycles. The first-order valence-corrected chi connectivity index (χ1v) is 12.7. The molecule has 3 aliphatic heterocycles. The molecule has 2 N–H and O–H groups in total. The van der Waals surface area contributed by atoms with Crippen molar-refractivity contribution in [3.63, 3.8) is 0 Å². The molecular weight excluding hydrogens is 436 g/mol. The molecule has 2 amide bonds. The van der Waals surface area contributed by atoms with Gasteiger partial charge in [0.1, 0.15) is 17.6 Å². The summed E-state index contributed by atoms with van der Waals surface area (Å²) >= 11 is 0. The average Bonchev–Trinajstić information content (AvgIpc) is 3.26. The number of hydrogen-bond donors (Lipinski definition) is 2. The lowest BCUT2D eigenvalue weighted by Gasteiger charge is -2.41. The molecule has 0 radical (unpaired) electrons. The van der Waals surface area contributed by atoms with Crippen molar-refractivity contribution in [1.82, 2.24) is 9.80 Å². The molecule has 3 fully saturated rings. The molecule has 0 aliphatic carbocycles. The van der Waals surface area contributed by atoms with E-state index in [0.29, 0.717) is 19.4 Å². The molecule has 8 heteroatoms. The number of ether oxygens (including phenoxy) is 1. The Hall–Kier alpha value is -1.93. The predicted octanol–water partition coefficient (Wildman–Crippen LogP) is 2.69. The van der Waals surface area contributed by atoms with Gasteiger partial charge in [0.2, 0.25) is 11.8 Å². The van der Waals surface area contributed by atoms with Gasteiger partial charge in [0, 0.05) is 12.6 Å². The maximum absolute atomic E-state index is 14.3. The number of aliphatic hydroxyl groups is 1. The molecule has 0 saturated carbocycles. The van der Waals surface area contributed by atoms with Crippen LogP contribution in [0.25, 0.3) is 0 Å². The Morgan fingerprint density at radius 3 is 2.50 bits per heavy atom. The number of rotatable bonds is 11. The lowest BCUT2D eigenvalue weighted by molar-refractivity contribution is -0.161. The maximum Gasteiger partial charge on any atom is 0.310 e. The van der Waals surface area contributed by atoms with Crippen LogP contribution in [0.3, 0.4) is 0 Å². The summed E-state index contributed by atoms with van der Waals surface area (Å²) in [5.41, 5.74) is -2.25. The Kier molecular flexibility index (Phi) is 7.54. The Bertz CT molecular complexity index is 830. The lowest BCUT2D eigenvalue weighted by Crippen LogP contribution is -2.60. The third kappa shape index (κ3) is 3.87. The van der Waals surface area contributed by atoms with E-state index in [1.165, 1.54) is 4.90 Å². The molecule has 0 aromatic rings. The Labute approximate surface area is 203 Å². The van der Waals surface area contributed by atoms with Gasteiger partial charge in [-0.05, 0) is 44.9 Å². The number of aliphatic hydroxyl groups excluding tert-OH is 1. The summed E-state index contributed by atoms with van der Waals surface area (Å²) in [6.45, 7) is 15.6. The van der Waals surface area contributed by atoms with E-state index >= 15 is 0 Å². The highest BCUT2D eigenvalue weighted by atomic mass is 16.5. The average molecular weight is 479 g/mol. The van der Waals surface area contributed by atoms with Crippen LogP contribution in [-0.4, -0.2) is 80.3 Å². The Morgan fingerprint density at radius 1 is 1.35 bits per heavy atom. The monoisotopic (exact) mass is 478 g/mol. The van der Waals surface area contributed by atoms with Crippen LogP contribution in [0.4, 0.5) is 0 Å². The zero-order chi connectivity index (χ0) is 25.6. The number of nitrogens with zero attached hydrogens (tertiary/aromatic N) is 2. The van der Waals surface area contributed by atoms with E-state index in [-0.39, 0.29) is 36.3 Å². The van der Waals surface area contributed by atoms with E-state index in [0.717, 1.165) is 12.8 Å². The van der Waals surface area contributed by atoms with Crippen molar-refractivity contribution < 1.29 is 29.3 Å². The number of hydrogen-bond acceptors (Lipinski definition) is 5. The number of aliphatic carboxylic acids is 1. The molecule has 8 nitrogen and oxygen atoms in total. The molecule has 2 bridgehead atoms. The van der Waals surface area contributed by atoms with Gasteiger partial charge >= 0.3 is 5.97 Å². The number of fused-ring (bicyclic) bond motifs is 1. The molecule has 3 saturated heterocycles. The largest absolute Gasteiger partial charge is 0.481 e. The number of likely N-dealkylation sites (tertiary alicyclic amines) is 1. The van der Waals surface area contributed by atoms with Crippen molar-refractivity contribution in [2.75, 3.05) is 13.2 Å². The highest BCUT2D eigenvalue weighted by Gasteiger charge is 2.80. The van der Waals surface area contributed by atoms with Gasteiger partial charge in [0.15, 0.2) is 0 Å². The Balaban J connectivity index is 2.17. The number of carboxylic acids is 1. The summed E-state index contributed by atoms with van der Waals surface area (Å²) in [7, 11) is 0. The molecule has 8 atom stereocenters. The minimum absolute atomic E-state index is 0.0811. The van der Waals surface area contributed by atoms with E-state index < -0.39 is 41.1 Å². The van der Waals surface area contributed by atoms with E-state index in [1.807, 2.05) is 27.7 Å². The van der Waals surface area contributed by atoms with Gasteiger partial charge in [-0.2, -0.15) is 0 Å². The van der Waals surface area contributed by atoms with Crippen molar-refractivity contribution in [1.29, 1.82) is 0 Å². The topological polar surface area (TPSA) is 107 Å². The normalized spacial score (nSPS) is 36.0. The molecule has 3 rings (SSSR count). The fourth-order valence-corrected chi connectivity index (χ4v) is 6.90. The minimum Gasteiger partial charge on any atom is -0.481 e. The first-order valence-electron chi connectivity index (χ1n) is 12.7. The summed E-state index contributed by atoms with van der Waals surface area (Å²) in [5, 5.41) is 20.5. The standard InChI is InChI=1S/C26H42N2O6/c1-8-10-17(6)27(11-9-2)23(31)21-26-13-16(5)25(7,34-26)20(24(32)33)19(26)22(30)28(21)18(14-29)12-15(3)4/h9,15-21,29H,2,8,10-14H2,1,3-7H3,(H,32,33)/t16?,17?,18-,19+,20-,21?,25+,26?/m1/s1. The second kappa shape index (κ2) is 9.61. The zero-order valence-electron chi connectivity index (χ0n) is 21.5. The van der Waals surface area contributed by atoms with Gasteiger partial charge in [0.05, 0.1) is 24.2 Å². The predicted molar refractivity (Wildman–Crippen MR) is 128 cm³/mol. The second-order valence-electron chi connectivity index (χ2n) is 11.2. The van der Waals surface area contributed by atoms with Crippen LogP contribution in [0.5, 0.6) is 0 Å². The van der Waals surface area contributed by atoms with Crippen molar-refractivity contribution in [2.45, 2.75) is 96.6 Å². The highest BCUT2D eigenvalue weighted by Crippen LogP contribution is 2.65. The molecule has 1 spiro atoms. The maximum atomic E-state index is 14.3. The summed E-state index contributed by atoms with van der Waals surface area (Å²) in [5.74, 6) is -3.66. The minimum atomic E-state index is -1.22. The smallest absolute Gasteiger partial charge is 0.310 e. The summed E-state index contributed by atoms with van der Waals surface area (Å²) in [4.78, 5) is 44.0. The number of carbonyl (C=O) groups is 3. The number of carbonyl (C=O) groups excluding carboxylic acids is 2. The van der Waals surface area contributed by atoms with Crippen LogP contribution in [-0.2, 0) is 19.1 Å². The summed E-state index contributed by atoms with van der Waals surface area (Å²) in [6.07, 6.45) is 4.29. The van der Waals surface area contributed by atoms with Crippen molar-refractivity contribution >= 4 is 17.8 Å². The Morgan fingerprint density at radius 2 is 2.00 bits per heavy atom. The first kappa shape index (κ1) is 26.7. The number of carboxylic acid groups (broad SMARTS) is 1. The van der Waals surface area contributed by atoms with Crippen LogP contribution in [0.1, 0.15) is 67.2 Å². The molecule has 192 valence electrons. The van der Waals surface area contributed by atoms with Crippen LogP contribution in [0, 0.1) is 23.7 Å². The molecular formula is C26H42N2O6. The van der Waals surface area contributed by atoms with Gasteiger partial charge in [-0.3, -0.25) is 14.4 Å². The SMILES string of the molecule is C=CCN(C(=O)C1N([C@@H](CO)CC(C)C)C(=O)[C@@H]2[C@H](C(=O)O)[C@@]3(C)OC12CC3C)C(C)CCC. The van der Waals surface area contributed by atoms with Crippen LogP contribution in [0.2, 0.25) is 0 Å². The van der Waals surface area contributed by atoms with Gasteiger partial charge in [0.25, 0.3) is 0 Å². The molecule has 0 aromatic carbocycles. The van der Waals surface area contributed by atoms with Gasteiger partial charge in [-0.1, -0.05) is 40.2 Å². The third-order valence-electron chi connectivity index (χ3n) is 8.45. The van der Waals surface area contributed by atoms with Crippen molar-refractivity contribution in [3.05, 3.63) is 12.7 Å². The van der Waals surface area contributed by atoms with Crippen molar-refractivity contribution in [2.24, 2.45) is 23.7 Å². The zero-order valence-corrected chi connectivity index (χ0v) is 21.5. The van der Waals surface area contributed by atoms with Gasteiger partial charge < -0.3 is 24.7 Å². The fraction of sp³-hybridized carbons (Fsp3) is 0.808. The molecule has 3 heterocycles. The summed E-state index contributed by atoms with van der Waals surface area (Å²) < 4.78 is 6.56. The number of amides is 2. The third-order valence-corrected chi connectivity index (χ3v) is 8.45. The van der Waals surface area contributed by atoms with E-state index in [9.17, 15) is 24.6 Å². The van der Waals surface area contributed by atoms with Crippen LogP contribution in [0.15, 0.2) is 12.7 Å². The highest BCUT2D eigenvalue weighted by molar-refractivity contribution is 5.98.